The van der Waals surface area contributed by atoms with Crippen LogP contribution >= 0.6 is 11.3 Å². The van der Waals surface area contributed by atoms with Gasteiger partial charge in [-0.25, -0.2) is 9.97 Å². The van der Waals surface area contributed by atoms with Crippen molar-refractivity contribution in [2.75, 3.05) is 0 Å². The Morgan fingerprint density at radius 3 is 3.15 bits per heavy atom. The van der Waals surface area contributed by atoms with Gasteiger partial charge in [-0.2, -0.15) is 5.10 Å². The number of nitrogens with zero attached hydrogens (tertiary/aromatic N) is 5. The lowest BCUT2D eigenvalue weighted by molar-refractivity contribution is 0.738. The summed E-state index contributed by atoms with van der Waals surface area (Å²) in [6.45, 7) is 1.89. The minimum Gasteiger partial charge on any atom is -0.243 e. The van der Waals surface area contributed by atoms with E-state index in [4.69, 9.17) is 0 Å². The molecule has 2 heterocycles. The average molecular weight is 193 g/mol. The van der Waals surface area contributed by atoms with Crippen LogP contribution in [0.1, 0.15) is 11.9 Å². The summed E-state index contributed by atoms with van der Waals surface area (Å²) >= 11 is 1.55. The van der Waals surface area contributed by atoms with E-state index >= 15 is 0 Å². The van der Waals surface area contributed by atoms with Crippen LogP contribution in [-0.2, 0) is 0 Å². The largest absolute Gasteiger partial charge is 0.243 e. The van der Waals surface area contributed by atoms with Crippen LogP contribution in [0.2, 0.25) is 0 Å². The van der Waals surface area contributed by atoms with E-state index in [9.17, 15) is 0 Å². The lowest BCUT2D eigenvalue weighted by Crippen LogP contribution is -1.99. The van der Waals surface area contributed by atoms with Crippen molar-refractivity contribution < 1.29 is 0 Å². The molecular weight excluding hydrogens is 186 g/mol. The van der Waals surface area contributed by atoms with Crippen molar-refractivity contribution in [2.45, 2.75) is 6.92 Å². The molecule has 0 aliphatic carbocycles. The molecule has 0 saturated heterocycles. The summed E-state index contributed by atoms with van der Waals surface area (Å²) in [5.74, 6) is 0. The van der Waals surface area contributed by atoms with Gasteiger partial charge in [-0.3, -0.25) is 0 Å². The summed E-state index contributed by atoms with van der Waals surface area (Å²) in [6.07, 6.45) is 4.73. The molecule has 0 aromatic carbocycles. The van der Waals surface area contributed by atoms with Crippen LogP contribution in [0.25, 0.3) is 0 Å². The van der Waals surface area contributed by atoms with Gasteiger partial charge in [-0.05, 0) is 6.92 Å². The molecule has 0 spiro atoms. The van der Waals surface area contributed by atoms with Gasteiger partial charge in [0.25, 0.3) is 0 Å². The van der Waals surface area contributed by atoms with Gasteiger partial charge >= 0.3 is 0 Å². The molecule has 0 fully saturated rings. The van der Waals surface area contributed by atoms with Crippen molar-refractivity contribution in [1.29, 1.82) is 0 Å². The summed E-state index contributed by atoms with van der Waals surface area (Å²) in [6, 6.07) is 0. The first-order chi connectivity index (χ1) is 6.36. The predicted molar refractivity (Wildman–Crippen MR) is 49.7 cm³/mol. The molecule has 0 unspecified atom stereocenters. The zero-order valence-corrected chi connectivity index (χ0v) is 7.77. The minimum atomic E-state index is 0.834. The van der Waals surface area contributed by atoms with Gasteiger partial charge in [0, 0.05) is 11.6 Å². The maximum absolute atomic E-state index is 4.17. The first-order valence-electron chi connectivity index (χ1n) is 3.66. The molecule has 0 N–H and O–H groups in total. The Kier molecular flexibility index (Phi) is 2.13. The Morgan fingerprint density at radius 2 is 2.54 bits per heavy atom. The van der Waals surface area contributed by atoms with Gasteiger partial charge in [0.2, 0.25) is 0 Å². The predicted octanol–water partition coefficient (Wildman–Crippen LogP) is 1.01. The number of hydrogen-bond donors (Lipinski definition) is 0. The minimum absolute atomic E-state index is 0.834. The second-order valence-electron chi connectivity index (χ2n) is 2.34. The van der Waals surface area contributed by atoms with E-state index in [1.165, 1.54) is 17.4 Å². The van der Waals surface area contributed by atoms with Gasteiger partial charge in [0.1, 0.15) is 17.7 Å². The molecule has 2 aromatic rings. The zero-order chi connectivity index (χ0) is 9.10. The molecule has 66 valence electrons. The van der Waals surface area contributed by atoms with Crippen molar-refractivity contribution in [3.8, 4) is 0 Å². The number of aromatic nitrogens is 4. The molecule has 0 amide bonds. The fourth-order valence-corrected chi connectivity index (χ4v) is 1.44. The van der Waals surface area contributed by atoms with Crippen molar-refractivity contribution in [3.63, 3.8) is 0 Å². The Bertz CT molecular complexity index is 388. The maximum atomic E-state index is 4.17. The molecule has 2 rings (SSSR count). The molecule has 0 saturated carbocycles. The molecule has 5 nitrogen and oxygen atoms in total. The summed E-state index contributed by atoms with van der Waals surface area (Å²) in [5.41, 5.74) is 0.834. The third kappa shape index (κ3) is 1.78. The molecule has 2 aromatic heterocycles. The van der Waals surface area contributed by atoms with Crippen LogP contribution in [-0.4, -0.2) is 25.6 Å². The molecule has 0 atom stereocenters. The SMILES string of the molecule is C/C(=N/n1cncn1)c1nccs1. The summed E-state index contributed by atoms with van der Waals surface area (Å²) in [4.78, 5) is 9.32. The highest BCUT2D eigenvalue weighted by Gasteiger charge is 1.99. The average Bonchev–Trinajstić information content (AvgIpc) is 2.74. The van der Waals surface area contributed by atoms with Gasteiger partial charge in [-0.15, -0.1) is 21.2 Å². The van der Waals surface area contributed by atoms with Gasteiger partial charge < -0.3 is 0 Å². The van der Waals surface area contributed by atoms with E-state index in [0.29, 0.717) is 0 Å². The number of hydrogen-bond acceptors (Lipinski definition) is 5. The first-order valence-corrected chi connectivity index (χ1v) is 4.54. The van der Waals surface area contributed by atoms with Crippen LogP contribution < -0.4 is 0 Å². The molecule has 0 aliphatic rings. The van der Waals surface area contributed by atoms with E-state index in [2.05, 4.69) is 20.2 Å². The summed E-state index contributed by atoms with van der Waals surface area (Å²) in [7, 11) is 0. The van der Waals surface area contributed by atoms with E-state index in [0.717, 1.165) is 10.7 Å². The van der Waals surface area contributed by atoms with Crippen molar-refractivity contribution >= 4 is 17.0 Å². The van der Waals surface area contributed by atoms with Gasteiger partial charge in [0.15, 0.2) is 0 Å². The van der Waals surface area contributed by atoms with Gasteiger partial charge in [-0.1, -0.05) is 0 Å². The second-order valence-corrected chi connectivity index (χ2v) is 3.23. The highest BCUT2D eigenvalue weighted by Crippen LogP contribution is 2.05. The van der Waals surface area contributed by atoms with Crippen LogP contribution in [0.15, 0.2) is 29.3 Å². The Balaban J connectivity index is 2.27. The number of rotatable bonds is 2. The highest BCUT2D eigenvalue weighted by molar-refractivity contribution is 7.11. The third-order valence-electron chi connectivity index (χ3n) is 1.40. The van der Waals surface area contributed by atoms with Crippen molar-refractivity contribution in [3.05, 3.63) is 29.2 Å². The normalized spacial score (nSPS) is 11.9. The first kappa shape index (κ1) is 8.06. The molecule has 0 bridgehead atoms. The quantitative estimate of drug-likeness (QED) is 0.669. The van der Waals surface area contributed by atoms with Crippen LogP contribution in [0.5, 0.6) is 0 Å². The monoisotopic (exact) mass is 193 g/mol. The van der Waals surface area contributed by atoms with Crippen molar-refractivity contribution in [2.24, 2.45) is 5.10 Å². The fraction of sp³-hybridized carbons (Fsp3) is 0.143. The van der Waals surface area contributed by atoms with E-state index in [1.54, 1.807) is 17.5 Å². The van der Waals surface area contributed by atoms with Crippen LogP contribution in [0, 0.1) is 0 Å². The van der Waals surface area contributed by atoms with E-state index in [1.807, 2.05) is 12.3 Å². The molecule has 0 radical (unpaired) electrons. The second kappa shape index (κ2) is 3.44. The molecule has 0 aliphatic heterocycles. The van der Waals surface area contributed by atoms with Gasteiger partial charge in [0.05, 0.1) is 5.71 Å². The van der Waals surface area contributed by atoms with Crippen molar-refractivity contribution in [1.82, 2.24) is 19.9 Å². The zero-order valence-electron chi connectivity index (χ0n) is 6.95. The lowest BCUT2D eigenvalue weighted by Gasteiger charge is -1.93. The topological polar surface area (TPSA) is 56.0 Å². The van der Waals surface area contributed by atoms with Crippen LogP contribution in [0.4, 0.5) is 0 Å². The van der Waals surface area contributed by atoms with Crippen LogP contribution in [0.3, 0.4) is 0 Å². The van der Waals surface area contributed by atoms with E-state index < -0.39 is 0 Å². The maximum Gasteiger partial charge on any atom is 0.139 e. The Hall–Kier alpha value is -1.56. The fourth-order valence-electron chi connectivity index (χ4n) is 0.852. The Morgan fingerprint density at radius 1 is 1.62 bits per heavy atom. The highest BCUT2D eigenvalue weighted by atomic mass is 32.1. The summed E-state index contributed by atoms with van der Waals surface area (Å²) in [5, 5.41) is 10.8. The van der Waals surface area contributed by atoms with E-state index in [-0.39, 0.29) is 0 Å². The third-order valence-corrected chi connectivity index (χ3v) is 2.28. The lowest BCUT2D eigenvalue weighted by atomic mass is 10.5. The molecule has 6 heteroatoms. The molecular formula is C7H7N5S. The number of thiazole rings is 1. The smallest absolute Gasteiger partial charge is 0.139 e. The standard InChI is InChI=1S/C7H7N5S/c1-6(7-9-2-3-13-7)11-12-5-8-4-10-12/h2-5H,1H3/b11-6-. The molecule has 13 heavy (non-hydrogen) atoms. The summed E-state index contributed by atoms with van der Waals surface area (Å²) < 4.78 is 0. The Labute approximate surface area is 78.8 Å².